The van der Waals surface area contributed by atoms with Gasteiger partial charge in [-0.2, -0.15) is 5.10 Å². The molecular weight excluding hydrogens is 256 g/mol. The van der Waals surface area contributed by atoms with E-state index in [1.54, 1.807) is 4.90 Å². The van der Waals surface area contributed by atoms with Crippen LogP contribution in [0.25, 0.3) is 0 Å². The van der Waals surface area contributed by atoms with E-state index in [1.165, 1.54) is 0 Å². The van der Waals surface area contributed by atoms with E-state index in [1.807, 2.05) is 24.6 Å². The van der Waals surface area contributed by atoms with Crippen molar-refractivity contribution < 1.29 is 9.59 Å². The summed E-state index contributed by atoms with van der Waals surface area (Å²) in [5.74, 6) is -0.126. The molecule has 1 N–H and O–H groups in total. The fourth-order valence-corrected chi connectivity index (χ4v) is 3.44. The van der Waals surface area contributed by atoms with Gasteiger partial charge in [-0.05, 0) is 32.8 Å². The number of urea groups is 1. The Morgan fingerprint density at radius 2 is 2.05 bits per heavy atom. The van der Waals surface area contributed by atoms with Gasteiger partial charge in [-0.3, -0.25) is 14.8 Å². The molecule has 1 aromatic rings. The highest BCUT2D eigenvalue weighted by Crippen LogP contribution is 2.39. The van der Waals surface area contributed by atoms with Gasteiger partial charge in [0, 0.05) is 6.54 Å². The Balaban J connectivity index is 1.91. The number of hydrogen-bond acceptors (Lipinski definition) is 3. The van der Waals surface area contributed by atoms with E-state index < -0.39 is 5.54 Å². The van der Waals surface area contributed by atoms with Crippen LogP contribution in [-0.2, 0) is 17.9 Å². The topological polar surface area (TPSA) is 67.2 Å². The van der Waals surface area contributed by atoms with Crippen LogP contribution in [0.5, 0.6) is 0 Å². The van der Waals surface area contributed by atoms with Gasteiger partial charge < -0.3 is 4.90 Å². The van der Waals surface area contributed by atoms with Crippen LogP contribution in [0.4, 0.5) is 4.79 Å². The van der Waals surface area contributed by atoms with Crippen LogP contribution in [0, 0.1) is 6.92 Å². The lowest BCUT2D eigenvalue weighted by Crippen LogP contribution is -2.47. The Bertz CT molecular complexity index is 558. The Labute approximate surface area is 118 Å². The first kappa shape index (κ1) is 13.1. The Morgan fingerprint density at radius 1 is 1.35 bits per heavy atom. The molecule has 20 heavy (non-hydrogen) atoms. The first-order valence-corrected chi connectivity index (χ1v) is 7.23. The molecule has 0 atom stereocenters. The summed E-state index contributed by atoms with van der Waals surface area (Å²) in [6.45, 7) is 5.18. The molecule has 6 heteroatoms. The third-order valence-electron chi connectivity index (χ3n) is 4.44. The van der Waals surface area contributed by atoms with E-state index in [-0.39, 0.29) is 11.9 Å². The molecule has 2 heterocycles. The third-order valence-corrected chi connectivity index (χ3v) is 4.44. The van der Waals surface area contributed by atoms with Gasteiger partial charge in [0.05, 0.1) is 17.9 Å². The van der Waals surface area contributed by atoms with Crippen molar-refractivity contribution in [2.75, 3.05) is 0 Å². The van der Waals surface area contributed by atoms with Gasteiger partial charge in [-0.1, -0.05) is 12.8 Å². The molecule has 1 saturated carbocycles. The number of nitrogens with zero attached hydrogens (tertiary/aromatic N) is 3. The molecule has 1 aliphatic heterocycles. The van der Waals surface area contributed by atoms with Gasteiger partial charge >= 0.3 is 6.03 Å². The molecule has 1 saturated heterocycles. The highest BCUT2D eigenvalue weighted by molar-refractivity contribution is 6.07. The SMILES string of the molecule is CCn1nc(C)cc1CN1C(=O)NC(=O)C12CCCC2. The predicted molar refractivity (Wildman–Crippen MR) is 72.9 cm³/mol. The predicted octanol–water partition coefficient (Wildman–Crippen LogP) is 1.58. The number of hydrogen-bond donors (Lipinski definition) is 1. The maximum atomic E-state index is 12.2. The summed E-state index contributed by atoms with van der Waals surface area (Å²) in [5, 5.41) is 6.89. The number of carbonyl (C=O) groups excluding carboxylic acids is 2. The normalized spacial score (nSPS) is 21.0. The van der Waals surface area contributed by atoms with E-state index in [0.717, 1.165) is 43.6 Å². The molecule has 3 rings (SSSR count). The second-order valence-electron chi connectivity index (χ2n) is 5.68. The van der Waals surface area contributed by atoms with Gasteiger partial charge in [0.25, 0.3) is 5.91 Å². The number of rotatable bonds is 3. The summed E-state index contributed by atoms with van der Waals surface area (Å²) in [6, 6.07) is 1.72. The summed E-state index contributed by atoms with van der Waals surface area (Å²) in [4.78, 5) is 26.0. The van der Waals surface area contributed by atoms with Gasteiger partial charge in [-0.25, -0.2) is 4.79 Å². The first-order valence-electron chi connectivity index (χ1n) is 7.23. The van der Waals surface area contributed by atoms with E-state index in [4.69, 9.17) is 0 Å². The van der Waals surface area contributed by atoms with E-state index in [2.05, 4.69) is 10.4 Å². The minimum Gasteiger partial charge on any atom is -0.304 e. The highest BCUT2D eigenvalue weighted by atomic mass is 16.2. The van der Waals surface area contributed by atoms with E-state index in [0.29, 0.717) is 6.54 Å². The third kappa shape index (κ3) is 1.82. The van der Waals surface area contributed by atoms with Gasteiger partial charge in [0.1, 0.15) is 5.54 Å². The number of nitrogens with one attached hydrogen (secondary N) is 1. The molecule has 0 unspecified atom stereocenters. The van der Waals surface area contributed by atoms with Crippen molar-refractivity contribution >= 4 is 11.9 Å². The maximum Gasteiger partial charge on any atom is 0.325 e. The van der Waals surface area contributed by atoms with Crippen molar-refractivity contribution in [3.8, 4) is 0 Å². The fraction of sp³-hybridized carbons (Fsp3) is 0.643. The van der Waals surface area contributed by atoms with Crippen molar-refractivity contribution in [1.29, 1.82) is 0 Å². The van der Waals surface area contributed by atoms with Crippen molar-refractivity contribution in [2.45, 2.75) is 58.2 Å². The minimum absolute atomic E-state index is 0.126. The monoisotopic (exact) mass is 276 g/mol. The fourth-order valence-electron chi connectivity index (χ4n) is 3.44. The molecule has 108 valence electrons. The molecule has 1 spiro atoms. The first-order chi connectivity index (χ1) is 9.56. The lowest BCUT2D eigenvalue weighted by Gasteiger charge is -2.31. The Kier molecular flexibility index (Phi) is 3.03. The molecular formula is C14H20N4O2. The number of carbonyl (C=O) groups is 2. The Morgan fingerprint density at radius 3 is 2.70 bits per heavy atom. The molecule has 1 aromatic heterocycles. The minimum atomic E-state index is -0.617. The number of imide groups is 1. The second kappa shape index (κ2) is 4.61. The zero-order valence-electron chi connectivity index (χ0n) is 12.0. The average molecular weight is 276 g/mol. The van der Waals surface area contributed by atoms with Crippen LogP contribution in [0.15, 0.2) is 6.07 Å². The average Bonchev–Trinajstić information content (AvgIpc) is 3.07. The van der Waals surface area contributed by atoms with Crippen molar-refractivity contribution in [2.24, 2.45) is 0 Å². The van der Waals surface area contributed by atoms with Crippen molar-refractivity contribution in [3.05, 3.63) is 17.5 Å². The van der Waals surface area contributed by atoms with E-state index in [9.17, 15) is 9.59 Å². The van der Waals surface area contributed by atoms with Crippen LogP contribution >= 0.6 is 0 Å². The molecule has 3 amide bonds. The van der Waals surface area contributed by atoms with Gasteiger partial charge in [0.15, 0.2) is 0 Å². The number of aromatic nitrogens is 2. The molecule has 0 radical (unpaired) electrons. The van der Waals surface area contributed by atoms with Crippen LogP contribution in [0.1, 0.15) is 44.0 Å². The van der Waals surface area contributed by atoms with Gasteiger partial charge in [-0.15, -0.1) is 0 Å². The largest absolute Gasteiger partial charge is 0.325 e. The van der Waals surface area contributed by atoms with Gasteiger partial charge in [0.2, 0.25) is 0 Å². The van der Waals surface area contributed by atoms with Crippen molar-refractivity contribution in [1.82, 2.24) is 20.0 Å². The lowest BCUT2D eigenvalue weighted by atomic mass is 9.96. The molecule has 0 aromatic carbocycles. The summed E-state index contributed by atoms with van der Waals surface area (Å²) < 4.78 is 1.90. The zero-order chi connectivity index (χ0) is 14.3. The summed E-state index contributed by atoms with van der Waals surface area (Å²) >= 11 is 0. The molecule has 0 bridgehead atoms. The maximum absolute atomic E-state index is 12.2. The summed E-state index contributed by atoms with van der Waals surface area (Å²) in [6.07, 6.45) is 3.54. The van der Waals surface area contributed by atoms with Crippen LogP contribution in [0.2, 0.25) is 0 Å². The number of amides is 3. The summed E-state index contributed by atoms with van der Waals surface area (Å²) in [7, 11) is 0. The molecule has 6 nitrogen and oxygen atoms in total. The smallest absolute Gasteiger partial charge is 0.304 e. The highest BCUT2D eigenvalue weighted by Gasteiger charge is 2.54. The van der Waals surface area contributed by atoms with E-state index >= 15 is 0 Å². The van der Waals surface area contributed by atoms with Crippen molar-refractivity contribution in [3.63, 3.8) is 0 Å². The number of aryl methyl sites for hydroxylation is 2. The van der Waals surface area contributed by atoms with Crippen LogP contribution < -0.4 is 5.32 Å². The zero-order valence-corrected chi connectivity index (χ0v) is 12.0. The second-order valence-corrected chi connectivity index (χ2v) is 5.68. The Hall–Kier alpha value is -1.85. The molecule has 2 aliphatic rings. The lowest BCUT2D eigenvalue weighted by molar-refractivity contribution is -0.126. The molecule has 1 aliphatic carbocycles. The summed E-state index contributed by atoms with van der Waals surface area (Å²) in [5.41, 5.74) is 1.31. The van der Waals surface area contributed by atoms with Crippen LogP contribution in [-0.4, -0.2) is 32.2 Å². The quantitative estimate of drug-likeness (QED) is 0.852. The standard InChI is InChI=1S/C14H20N4O2/c1-3-18-11(8-10(2)16-18)9-17-13(20)15-12(19)14(17)6-4-5-7-14/h8H,3-7,9H2,1-2H3,(H,15,19,20). The molecule has 2 fully saturated rings. The van der Waals surface area contributed by atoms with Crippen LogP contribution in [0.3, 0.4) is 0 Å².